The van der Waals surface area contributed by atoms with Crippen LogP contribution in [0.15, 0.2) is 18.3 Å². The second-order valence-corrected chi connectivity index (χ2v) is 2.39. The number of nitrogens with zero attached hydrogens (tertiary/aromatic N) is 1. The van der Waals surface area contributed by atoms with Gasteiger partial charge in [-0.3, -0.25) is 4.79 Å². The largest absolute Gasteiger partial charge is 0.395 e. The Hall–Kier alpha value is -1.13. The summed E-state index contributed by atoms with van der Waals surface area (Å²) in [4.78, 5) is 11.0. The molecule has 1 heterocycles. The van der Waals surface area contributed by atoms with Crippen molar-refractivity contribution in [3.05, 3.63) is 24.0 Å². The fourth-order valence-electron chi connectivity index (χ4n) is 1.05. The average Bonchev–Trinajstić information content (AvgIpc) is 2.52. The number of aliphatic hydroxyl groups excluding tert-OH is 2. The van der Waals surface area contributed by atoms with Crippen LogP contribution in [0.25, 0.3) is 0 Å². The van der Waals surface area contributed by atoms with Crippen molar-refractivity contribution in [2.24, 2.45) is 0 Å². The van der Waals surface area contributed by atoms with Gasteiger partial charge < -0.3 is 14.8 Å². The molecule has 0 spiro atoms. The van der Waals surface area contributed by atoms with Crippen molar-refractivity contribution in [3.63, 3.8) is 0 Å². The van der Waals surface area contributed by atoms with E-state index >= 15 is 0 Å². The fourth-order valence-corrected chi connectivity index (χ4v) is 1.05. The molecule has 1 aromatic rings. The van der Waals surface area contributed by atoms with Crippen molar-refractivity contribution in [3.8, 4) is 0 Å². The molecule has 0 aliphatic rings. The van der Waals surface area contributed by atoms with Crippen LogP contribution in [0, 0.1) is 0 Å². The van der Waals surface area contributed by atoms with Crippen LogP contribution >= 0.6 is 0 Å². The van der Waals surface area contributed by atoms with Gasteiger partial charge in [0.1, 0.15) is 6.61 Å². The monoisotopic (exact) mass is 169 g/mol. The maximum atomic E-state index is 11.0. The van der Waals surface area contributed by atoms with Crippen LogP contribution in [0.5, 0.6) is 0 Å². The van der Waals surface area contributed by atoms with Crippen LogP contribution in [-0.4, -0.2) is 33.8 Å². The van der Waals surface area contributed by atoms with E-state index in [1.54, 1.807) is 22.9 Å². The lowest BCUT2D eigenvalue weighted by Gasteiger charge is -2.03. The second kappa shape index (κ2) is 4.04. The molecule has 0 aliphatic carbocycles. The Morgan fingerprint density at radius 1 is 1.50 bits per heavy atom. The molecule has 0 unspecified atom stereocenters. The smallest absolute Gasteiger partial charge is 0.204 e. The molecular formula is C8H11NO3. The normalized spacial score (nSPS) is 10.2. The Labute approximate surface area is 70.1 Å². The van der Waals surface area contributed by atoms with Crippen LogP contribution < -0.4 is 0 Å². The van der Waals surface area contributed by atoms with E-state index in [-0.39, 0.29) is 12.4 Å². The highest BCUT2D eigenvalue weighted by atomic mass is 16.3. The van der Waals surface area contributed by atoms with Gasteiger partial charge in [0.15, 0.2) is 0 Å². The lowest BCUT2D eigenvalue weighted by Crippen LogP contribution is -2.13. The highest BCUT2D eigenvalue weighted by molar-refractivity contribution is 5.95. The Balaban J connectivity index is 2.83. The van der Waals surface area contributed by atoms with Gasteiger partial charge in [0.2, 0.25) is 5.78 Å². The summed E-state index contributed by atoms with van der Waals surface area (Å²) < 4.78 is 1.61. The summed E-state index contributed by atoms with van der Waals surface area (Å²) in [6.45, 7) is -0.121. The number of rotatable bonds is 4. The van der Waals surface area contributed by atoms with Crippen LogP contribution in [0.4, 0.5) is 0 Å². The zero-order valence-electron chi connectivity index (χ0n) is 6.60. The topological polar surface area (TPSA) is 62.5 Å². The number of aliphatic hydroxyl groups is 2. The molecule has 0 bridgehead atoms. The third-order valence-electron chi connectivity index (χ3n) is 1.60. The summed E-state index contributed by atoms with van der Waals surface area (Å²) in [6, 6.07) is 3.33. The van der Waals surface area contributed by atoms with E-state index in [4.69, 9.17) is 10.2 Å². The van der Waals surface area contributed by atoms with E-state index in [0.717, 1.165) is 0 Å². The number of hydrogen-bond donors (Lipinski definition) is 2. The van der Waals surface area contributed by atoms with E-state index in [9.17, 15) is 4.79 Å². The van der Waals surface area contributed by atoms with Crippen LogP contribution in [0.1, 0.15) is 10.5 Å². The first-order chi connectivity index (χ1) is 5.79. The molecular weight excluding hydrogens is 158 g/mol. The SMILES string of the molecule is O=C(CO)c1cccn1CCO. The maximum Gasteiger partial charge on any atom is 0.204 e. The average molecular weight is 169 g/mol. The van der Waals surface area contributed by atoms with Crippen LogP contribution in [-0.2, 0) is 6.54 Å². The summed E-state index contributed by atoms with van der Waals surface area (Å²) >= 11 is 0. The van der Waals surface area contributed by atoms with Gasteiger partial charge in [-0.25, -0.2) is 0 Å². The fraction of sp³-hybridized carbons (Fsp3) is 0.375. The number of ketones is 1. The Bertz CT molecular complexity index is 267. The summed E-state index contributed by atoms with van der Waals surface area (Å²) in [7, 11) is 0. The van der Waals surface area contributed by atoms with Crippen molar-refractivity contribution in [1.29, 1.82) is 0 Å². The van der Waals surface area contributed by atoms with Crippen LogP contribution in [0.3, 0.4) is 0 Å². The van der Waals surface area contributed by atoms with E-state index in [1.807, 2.05) is 0 Å². The Kier molecular flexibility index (Phi) is 3.01. The van der Waals surface area contributed by atoms with Gasteiger partial charge in [-0.15, -0.1) is 0 Å². The molecule has 0 atom stereocenters. The number of carbonyl (C=O) groups excluding carboxylic acids is 1. The molecule has 0 radical (unpaired) electrons. The van der Waals surface area contributed by atoms with E-state index in [2.05, 4.69) is 0 Å². The van der Waals surface area contributed by atoms with Crippen LogP contribution in [0.2, 0.25) is 0 Å². The lowest BCUT2D eigenvalue weighted by molar-refractivity contribution is 0.0893. The Morgan fingerprint density at radius 2 is 2.25 bits per heavy atom. The number of carbonyl (C=O) groups is 1. The molecule has 1 aromatic heterocycles. The summed E-state index contributed by atoms with van der Waals surface area (Å²) in [5.41, 5.74) is 0.437. The first-order valence-electron chi connectivity index (χ1n) is 3.69. The van der Waals surface area contributed by atoms with Gasteiger partial charge >= 0.3 is 0 Å². The standard InChI is InChI=1S/C8H11NO3/c10-5-4-9-3-1-2-7(9)8(12)6-11/h1-3,10-11H,4-6H2. The predicted molar refractivity (Wildman–Crippen MR) is 42.9 cm³/mol. The third kappa shape index (κ3) is 1.72. The Morgan fingerprint density at radius 3 is 2.83 bits per heavy atom. The molecule has 0 aromatic carbocycles. The summed E-state index contributed by atoms with van der Waals surface area (Å²) in [5, 5.41) is 17.2. The van der Waals surface area contributed by atoms with E-state index < -0.39 is 6.61 Å². The zero-order chi connectivity index (χ0) is 8.97. The van der Waals surface area contributed by atoms with Crippen molar-refractivity contribution >= 4 is 5.78 Å². The van der Waals surface area contributed by atoms with Crippen molar-refractivity contribution in [2.45, 2.75) is 6.54 Å². The van der Waals surface area contributed by atoms with Crippen molar-refractivity contribution < 1.29 is 15.0 Å². The molecule has 0 aliphatic heterocycles. The molecule has 66 valence electrons. The minimum Gasteiger partial charge on any atom is -0.395 e. The molecule has 0 fully saturated rings. The molecule has 4 heteroatoms. The molecule has 0 saturated heterocycles. The zero-order valence-corrected chi connectivity index (χ0v) is 6.60. The molecule has 0 amide bonds. The minimum absolute atomic E-state index is 0.0135. The van der Waals surface area contributed by atoms with Gasteiger partial charge in [-0.1, -0.05) is 0 Å². The minimum atomic E-state index is -0.491. The number of Topliss-reactive ketones (excluding diaryl/α,β-unsaturated/α-hetero) is 1. The molecule has 1 rings (SSSR count). The van der Waals surface area contributed by atoms with Gasteiger partial charge in [0.25, 0.3) is 0 Å². The number of aromatic nitrogens is 1. The second-order valence-electron chi connectivity index (χ2n) is 2.39. The van der Waals surface area contributed by atoms with Gasteiger partial charge in [0, 0.05) is 12.7 Å². The first kappa shape index (κ1) is 8.96. The lowest BCUT2D eigenvalue weighted by atomic mass is 10.3. The van der Waals surface area contributed by atoms with Crippen molar-refractivity contribution in [1.82, 2.24) is 4.57 Å². The summed E-state index contributed by atoms with van der Waals surface area (Å²) in [6.07, 6.45) is 1.69. The maximum absolute atomic E-state index is 11.0. The number of hydrogen-bond acceptors (Lipinski definition) is 3. The predicted octanol–water partition coefficient (Wildman–Crippen LogP) is -0.345. The van der Waals surface area contributed by atoms with E-state index in [1.165, 1.54) is 0 Å². The molecule has 4 nitrogen and oxygen atoms in total. The highest BCUT2D eigenvalue weighted by Crippen LogP contribution is 2.02. The third-order valence-corrected chi connectivity index (χ3v) is 1.60. The molecule has 0 saturated carbocycles. The highest BCUT2D eigenvalue weighted by Gasteiger charge is 2.07. The summed E-state index contributed by atoms with van der Waals surface area (Å²) in [5.74, 6) is -0.326. The van der Waals surface area contributed by atoms with Gasteiger partial charge in [-0.05, 0) is 12.1 Å². The molecule has 12 heavy (non-hydrogen) atoms. The van der Waals surface area contributed by atoms with Gasteiger partial charge in [-0.2, -0.15) is 0 Å². The quantitative estimate of drug-likeness (QED) is 0.606. The molecule has 2 N–H and O–H groups in total. The van der Waals surface area contributed by atoms with Gasteiger partial charge in [0.05, 0.1) is 12.3 Å². The first-order valence-corrected chi connectivity index (χ1v) is 3.69. The van der Waals surface area contributed by atoms with Crippen molar-refractivity contribution in [2.75, 3.05) is 13.2 Å². The van der Waals surface area contributed by atoms with E-state index in [0.29, 0.717) is 12.2 Å².